The first kappa shape index (κ1) is 21.9. The van der Waals surface area contributed by atoms with E-state index >= 15 is 0 Å². The smallest absolute Gasteiger partial charge is 0.329 e. The number of nitrogens with one attached hydrogen (secondary N) is 2. The van der Waals surface area contributed by atoms with E-state index in [1.165, 1.54) is 26.2 Å². The van der Waals surface area contributed by atoms with E-state index in [2.05, 4.69) is 10.6 Å². The quantitative estimate of drug-likeness (QED) is 0.520. The number of Topliss-reactive ketones (excluding diaryl/α,β-unsaturated/α-hetero) is 1. The van der Waals surface area contributed by atoms with Crippen LogP contribution < -0.4 is 10.6 Å². The molecular weight excluding hydrogens is 376 g/mol. The average molecular weight is 400 g/mol. The summed E-state index contributed by atoms with van der Waals surface area (Å²) in [6, 6.07) is 8.45. The van der Waals surface area contributed by atoms with Gasteiger partial charge in [-0.3, -0.25) is 14.4 Å². The molecule has 1 aromatic heterocycles. The van der Waals surface area contributed by atoms with Crippen LogP contribution in [0.25, 0.3) is 0 Å². The maximum atomic E-state index is 12.5. The number of esters is 1. The van der Waals surface area contributed by atoms with Gasteiger partial charge in [-0.05, 0) is 56.2 Å². The number of ketones is 1. The molecule has 0 aliphatic rings. The Morgan fingerprint density at radius 2 is 1.66 bits per heavy atom. The van der Waals surface area contributed by atoms with Gasteiger partial charge in [-0.25, -0.2) is 4.79 Å². The van der Waals surface area contributed by atoms with Crippen LogP contribution >= 0.6 is 0 Å². The van der Waals surface area contributed by atoms with Gasteiger partial charge < -0.3 is 19.8 Å². The van der Waals surface area contributed by atoms with Gasteiger partial charge in [-0.15, -0.1) is 0 Å². The molecule has 0 aliphatic heterocycles. The lowest BCUT2D eigenvalue weighted by Crippen LogP contribution is -2.47. The highest BCUT2D eigenvalue weighted by Gasteiger charge is 2.29. The van der Waals surface area contributed by atoms with Crippen LogP contribution in [0.5, 0.6) is 0 Å². The van der Waals surface area contributed by atoms with E-state index in [1.54, 1.807) is 44.2 Å². The number of benzene rings is 1. The van der Waals surface area contributed by atoms with Crippen LogP contribution in [0.1, 0.15) is 48.6 Å². The first-order valence-corrected chi connectivity index (χ1v) is 9.15. The van der Waals surface area contributed by atoms with E-state index in [9.17, 15) is 19.2 Å². The lowest BCUT2D eigenvalue weighted by molar-refractivity contribution is -0.156. The molecule has 2 rings (SSSR count). The number of carbonyl (C=O) groups is 4. The molecule has 1 aromatic carbocycles. The maximum absolute atomic E-state index is 12.5. The molecule has 2 atom stereocenters. The third-order valence-electron chi connectivity index (χ3n) is 4.17. The predicted molar refractivity (Wildman–Crippen MR) is 105 cm³/mol. The molecule has 0 unspecified atom stereocenters. The highest BCUT2D eigenvalue weighted by Crippen LogP contribution is 2.12. The predicted octanol–water partition coefficient (Wildman–Crippen LogP) is 2.81. The number of rotatable bonds is 8. The van der Waals surface area contributed by atoms with Crippen LogP contribution in [0.2, 0.25) is 0 Å². The molecule has 2 N–H and O–H groups in total. The third-order valence-corrected chi connectivity index (χ3v) is 4.17. The second-order valence-corrected chi connectivity index (χ2v) is 6.87. The number of amides is 2. The fourth-order valence-corrected chi connectivity index (χ4v) is 2.45. The van der Waals surface area contributed by atoms with E-state index in [1.807, 2.05) is 0 Å². The summed E-state index contributed by atoms with van der Waals surface area (Å²) in [7, 11) is 0. The summed E-state index contributed by atoms with van der Waals surface area (Å²) in [6.45, 7) is 6.37. The van der Waals surface area contributed by atoms with Crippen LogP contribution in [0.4, 0.5) is 5.69 Å². The van der Waals surface area contributed by atoms with Gasteiger partial charge in [-0.2, -0.15) is 0 Å². The van der Waals surface area contributed by atoms with Crippen molar-refractivity contribution in [2.24, 2.45) is 5.92 Å². The zero-order chi connectivity index (χ0) is 21.6. The fourth-order valence-electron chi connectivity index (χ4n) is 2.45. The molecule has 8 heteroatoms. The Morgan fingerprint density at radius 1 is 1.00 bits per heavy atom. The van der Waals surface area contributed by atoms with Gasteiger partial charge in [0.1, 0.15) is 6.04 Å². The summed E-state index contributed by atoms with van der Waals surface area (Å²) in [5.41, 5.74) is 0.990. The first-order valence-electron chi connectivity index (χ1n) is 9.15. The van der Waals surface area contributed by atoms with Crippen molar-refractivity contribution >= 4 is 29.3 Å². The van der Waals surface area contributed by atoms with Crippen molar-refractivity contribution in [1.29, 1.82) is 0 Å². The summed E-state index contributed by atoms with van der Waals surface area (Å²) in [4.78, 5) is 48.2. The number of anilines is 1. The van der Waals surface area contributed by atoms with Crippen LogP contribution in [-0.4, -0.2) is 35.7 Å². The monoisotopic (exact) mass is 400 g/mol. The van der Waals surface area contributed by atoms with Crippen molar-refractivity contribution in [3.8, 4) is 0 Å². The van der Waals surface area contributed by atoms with Crippen molar-refractivity contribution < 1.29 is 28.3 Å². The van der Waals surface area contributed by atoms with Crippen LogP contribution in [0.15, 0.2) is 47.1 Å². The van der Waals surface area contributed by atoms with E-state index < -0.39 is 29.9 Å². The Bertz CT molecular complexity index is 871. The minimum atomic E-state index is -1.09. The molecule has 0 fully saturated rings. The largest absolute Gasteiger partial charge is 0.459 e. The highest BCUT2D eigenvalue weighted by atomic mass is 16.5. The number of hydrogen-bond acceptors (Lipinski definition) is 6. The number of ether oxygens (including phenoxy) is 1. The second-order valence-electron chi connectivity index (χ2n) is 6.87. The number of carbonyl (C=O) groups excluding carboxylic acids is 4. The molecular formula is C21H24N2O6. The molecule has 29 heavy (non-hydrogen) atoms. The highest BCUT2D eigenvalue weighted by molar-refractivity contribution is 5.98. The Balaban J connectivity index is 1.96. The summed E-state index contributed by atoms with van der Waals surface area (Å²) >= 11 is 0. The number of furan rings is 1. The SMILES string of the molecule is CC(=O)c1ccc(NC(=O)[C@@H](C)OC(=O)[C@@H](NC(=O)c2ccco2)C(C)C)cc1. The van der Waals surface area contributed by atoms with Crippen molar-refractivity contribution in [1.82, 2.24) is 5.32 Å². The van der Waals surface area contributed by atoms with Gasteiger partial charge in [0.25, 0.3) is 11.8 Å². The van der Waals surface area contributed by atoms with Gasteiger partial charge in [0, 0.05) is 11.3 Å². The van der Waals surface area contributed by atoms with Crippen molar-refractivity contribution in [2.45, 2.75) is 39.8 Å². The van der Waals surface area contributed by atoms with Gasteiger partial charge in [-0.1, -0.05) is 13.8 Å². The Labute approximate surface area is 168 Å². The molecule has 154 valence electrons. The lowest BCUT2D eigenvalue weighted by atomic mass is 10.0. The van der Waals surface area contributed by atoms with E-state index in [0.717, 1.165) is 0 Å². The number of hydrogen-bond donors (Lipinski definition) is 2. The van der Waals surface area contributed by atoms with E-state index in [-0.39, 0.29) is 17.5 Å². The minimum absolute atomic E-state index is 0.0725. The first-order chi connectivity index (χ1) is 13.7. The Kier molecular flexibility index (Phi) is 7.30. The maximum Gasteiger partial charge on any atom is 0.329 e. The second kappa shape index (κ2) is 9.68. The molecule has 0 radical (unpaired) electrons. The standard InChI is InChI=1S/C21H24N2O6/c1-12(2)18(23-20(26)17-6-5-11-28-17)21(27)29-14(4)19(25)22-16-9-7-15(8-10-16)13(3)24/h5-12,14,18H,1-4H3,(H,22,25)(H,23,26)/t14-,18+/m1/s1. The molecule has 0 spiro atoms. The molecule has 0 saturated carbocycles. The molecule has 2 aromatic rings. The molecule has 0 bridgehead atoms. The molecule has 0 aliphatic carbocycles. The van der Waals surface area contributed by atoms with Crippen LogP contribution in [0.3, 0.4) is 0 Å². The molecule has 2 amide bonds. The Morgan fingerprint density at radius 3 is 2.17 bits per heavy atom. The van der Waals surface area contributed by atoms with Gasteiger partial charge in [0.15, 0.2) is 17.6 Å². The summed E-state index contributed by atoms with van der Waals surface area (Å²) in [6.07, 6.45) is 0.268. The van der Waals surface area contributed by atoms with Crippen molar-refractivity contribution in [3.63, 3.8) is 0 Å². The average Bonchev–Trinajstić information content (AvgIpc) is 3.20. The summed E-state index contributed by atoms with van der Waals surface area (Å²) in [5.74, 6) is -2.09. The minimum Gasteiger partial charge on any atom is -0.459 e. The van der Waals surface area contributed by atoms with Crippen molar-refractivity contribution in [2.75, 3.05) is 5.32 Å². The summed E-state index contributed by atoms with van der Waals surface area (Å²) < 4.78 is 10.3. The van der Waals surface area contributed by atoms with Crippen LogP contribution in [0, 0.1) is 5.92 Å². The van der Waals surface area contributed by atoms with E-state index in [0.29, 0.717) is 11.3 Å². The molecule has 0 saturated heterocycles. The molecule has 8 nitrogen and oxygen atoms in total. The van der Waals surface area contributed by atoms with Crippen LogP contribution in [-0.2, 0) is 14.3 Å². The molecule has 1 heterocycles. The lowest BCUT2D eigenvalue weighted by Gasteiger charge is -2.22. The zero-order valence-corrected chi connectivity index (χ0v) is 16.7. The normalized spacial score (nSPS) is 12.7. The van der Waals surface area contributed by atoms with Gasteiger partial charge in [0.05, 0.1) is 6.26 Å². The topological polar surface area (TPSA) is 115 Å². The van der Waals surface area contributed by atoms with E-state index in [4.69, 9.17) is 9.15 Å². The zero-order valence-electron chi connectivity index (χ0n) is 16.7. The Hall–Kier alpha value is -3.42. The van der Waals surface area contributed by atoms with Crippen molar-refractivity contribution in [3.05, 3.63) is 54.0 Å². The third kappa shape index (κ3) is 6.03. The van der Waals surface area contributed by atoms with Gasteiger partial charge in [0.2, 0.25) is 0 Å². The fraction of sp³-hybridized carbons (Fsp3) is 0.333. The summed E-state index contributed by atoms with van der Waals surface area (Å²) in [5, 5.41) is 5.17. The van der Waals surface area contributed by atoms with Gasteiger partial charge >= 0.3 is 5.97 Å².